The second-order valence-electron chi connectivity index (χ2n) is 4.43. The Morgan fingerprint density at radius 2 is 2.10 bits per heavy atom. The summed E-state index contributed by atoms with van der Waals surface area (Å²) < 4.78 is 0. The summed E-state index contributed by atoms with van der Waals surface area (Å²) in [4.78, 5) is 23.2. The predicted octanol–water partition coefficient (Wildman–Crippen LogP) is 0.595. The lowest BCUT2D eigenvalue weighted by Gasteiger charge is -2.08. The fourth-order valence-corrected chi connectivity index (χ4v) is 1.74. The van der Waals surface area contributed by atoms with Gasteiger partial charge in [-0.1, -0.05) is 17.9 Å². The first-order valence-corrected chi connectivity index (χ1v) is 6.78. The Morgan fingerprint density at radius 3 is 2.76 bits per heavy atom. The Kier molecular flexibility index (Phi) is 6.99. The van der Waals surface area contributed by atoms with E-state index in [4.69, 9.17) is 5.11 Å². The van der Waals surface area contributed by atoms with Gasteiger partial charge in [0.05, 0.1) is 6.61 Å². The highest BCUT2D eigenvalue weighted by atomic mass is 16.2. The van der Waals surface area contributed by atoms with Gasteiger partial charge in [-0.3, -0.25) is 9.59 Å². The van der Waals surface area contributed by atoms with Gasteiger partial charge in [0.15, 0.2) is 0 Å². The van der Waals surface area contributed by atoms with Crippen LogP contribution in [-0.2, 0) is 4.79 Å². The van der Waals surface area contributed by atoms with Gasteiger partial charge < -0.3 is 15.7 Å². The van der Waals surface area contributed by atoms with E-state index in [1.165, 1.54) is 0 Å². The second kappa shape index (κ2) is 8.77. The Morgan fingerprint density at radius 1 is 1.33 bits per heavy atom. The number of nitrogens with one attached hydrogen (secondary N) is 2. The van der Waals surface area contributed by atoms with Crippen molar-refractivity contribution in [2.75, 3.05) is 20.2 Å². The van der Waals surface area contributed by atoms with Gasteiger partial charge in [-0.05, 0) is 24.6 Å². The standard InChI is InChI=1S/C16H20N2O3/c1-12-13(6-3-4-11-19)7-5-8-14(12)16(21)18-10-9-15(20)17-2/h5,7-8,19H,4,9-11H2,1-2H3,(H,17,20)(H,18,21). The SMILES string of the molecule is CNC(=O)CCNC(=O)c1cccc(C#CCCO)c1C. The summed E-state index contributed by atoms with van der Waals surface area (Å²) in [6.45, 7) is 2.14. The number of carbonyl (C=O) groups is 2. The maximum Gasteiger partial charge on any atom is 0.251 e. The van der Waals surface area contributed by atoms with E-state index >= 15 is 0 Å². The fraction of sp³-hybridized carbons (Fsp3) is 0.375. The molecule has 0 saturated heterocycles. The Bertz CT molecular complexity index is 571. The molecule has 5 nitrogen and oxygen atoms in total. The van der Waals surface area contributed by atoms with Crippen molar-refractivity contribution in [2.24, 2.45) is 0 Å². The van der Waals surface area contributed by atoms with Crippen LogP contribution in [0.2, 0.25) is 0 Å². The molecule has 0 saturated carbocycles. The Hall–Kier alpha value is -2.32. The van der Waals surface area contributed by atoms with Crippen LogP contribution in [0, 0.1) is 18.8 Å². The molecule has 21 heavy (non-hydrogen) atoms. The molecule has 0 atom stereocenters. The summed E-state index contributed by atoms with van der Waals surface area (Å²) in [6, 6.07) is 5.33. The molecule has 1 aromatic rings. The molecule has 0 spiro atoms. The number of aliphatic hydroxyl groups is 1. The lowest BCUT2D eigenvalue weighted by molar-refractivity contribution is -0.120. The van der Waals surface area contributed by atoms with Crippen molar-refractivity contribution < 1.29 is 14.7 Å². The van der Waals surface area contributed by atoms with Gasteiger partial charge in [-0.2, -0.15) is 0 Å². The number of hydrogen-bond donors (Lipinski definition) is 3. The van der Waals surface area contributed by atoms with Crippen molar-refractivity contribution >= 4 is 11.8 Å². The number of hydrogen-bond acceptors (Lipinski definition) is 3. The molecule has 0 heterocycles. The average Bonchev–Trinajstić information content (AvgIpc) is 2.48. The maximum absolute atomic E-state index is 12.1. The third-order valence-corrected chi connectivity index (χ3v) is 2.95. The van der Waals surface area contributed by atoms with Crippen molar-refractivity contribution in [1.82, 2.24) is 10.6 Å². The molecule has 5 heteroatoms. The normalized spacial score (nSPS) is 9.48. The van der Waals surface area contributed by atoms with Gasteiger partial charge in [0.2, 0.25) is 5.91 Å². The van der Waals surface area contributed by atoms with Crippen LogP contribution in [-0.4, -0.2) is 37.1 Å². The van der Waals surface area contributed by atoms with Crippen molar-refractivity contribution in [3.05, 3.63) is 34.9 Å². The van der Waals surface area contributed by atoms with Gasteiger partial charge in [-0.15, -0.1) is 0 Å². The zero-order valence-corrected chi connectivity index (χ0v) is 12.3. The molecule has 0 aromatic heterocycles. The summed E-state index contributed by atoms with van der Waals surface area (Å²) in [7, 11) is 1.56. The molecule has 0 fully saturated rings. The highest BCUT2D eigenvalue weighted by Gasteiger charge is 2.10. The molecule has 112 valence electrons. The minimum atomic E-state index is -0.220. The van der Waals surface area contributed by atoms with Gasteiger partial charge in [0.25, 0.3) is 5.91 Å². The molecule has 0 bridgehead atoms. The van der Waals surface area contributed by atoms with Crippen LogP contribution in [0.3, 0.4) is 0 Å². The highest BCUT2D eigenvalue weighted by molar-refractivity contribution is 5.96. The van der Waals surface area contributed by atoms with Crippen LogP contribution in [0.15, 0.2) is 18.2 Å². The quantitative estimate of drug-likeness (QED) is 0.694. The number of rotatable bonds is 5. The molecule has 0 radical (unpaired) electrons. The molecule has 3 N–H and O–H groups in total. The van der Waals surface area contributed by atoms with Crippen LogP contribution < -0.4 is 10.6 Å². The first kappa shape index (κ1) is 16.7. The van der Waals surface area contributed by atoms with Gasteiger partial charge in [0.1, 0.15) is 0 Å². The summed E-state index contributed by atoms with van der Waals surface area (Å²) >= 11 is 0. The molecule has 0 unspecified atom stereocenters. The number of amides is 2. The zero-order valence-electron chi connectivity index (χ0n) is 12.3. The fourth-order valence-electron chi connectivity index (χ4n) is 1.74. The molecule has 2 amide bonds. The predicted molar refractivity (Wildman–Crippen MR) is 80.8 cm³/mol. The van der Waals surface area contributed by atoms with Crippen LogP contribution >= 0.6 is 0 Å². The van der Waals surface area contributed by atoms with Gasteiger partial charge in [-0.25, -0.2) is 0 Å². The number of benzene rings is 1. The van der Waals surface area contributed by atoms with Crippen molar-refractivity contribution in [1.29, 1.82) is 0 Å². The smallest absolute Gasteiger partial charge is 0.251 e. The van der Waals surface area contributed by atoms with Gasteiger partial charge in [0, 0.05) is 37.6 Å². The van der Waals surface area contributed by atoms with Crippen LogP contribution in [0.25, 0.3) is 0 Å². The summed E-state index contributed by atoms with van der Waals surface area (Å²) in [5.74, 6) is 5.44. The lowest BCUT2D eigenvalue weighted by atomic mass is 10.0. The molecule has 1 rings (SSSR count). The third kappa shape index (κ3) is 5.28. The van der Waals surface area contributed by atoms with Gasteiger partial charge >= 0.3 is 0 Å². The van der Waals surface area contributed by atoms with E-state index in [1.807, 2.05) is 13.0 Å². The van der Waals surface area contributed by atoms with Crippen molar-refractivity contribution in [3.8, 4) is 11.8 Å². The molecule has 1 aromatic carbocycles. The molecule has 0 aliphatic rings. The van der Waals surface area contributed by atoms with E-state index in [0.29, 0.717) is 18.5 Å². The molecule has 0 aliphatic heterocycles. The van der Waals surface area contributed by atoms with E-state index in [1.54, 1.807) is 19.2 Å². The zero-order chi connectivity index (χ0) is 15.7. The Labute approximate surface area is 124 Å². The van der Waals surface area contributed by atoms with E-state index in [-0.39, 0.29) is 24.8 Å². The van der Waals surface area contributed by atoms with Crippen LogP contribution in [0.1, 0.15) is 34.3 Å². The summed E-state index contributed by atoms with van der Waals surface area (Å²) in [6.07, 6.45) is 0.652. The second-order valence-corrected chi connectivity index (χ2v) is 4.43. The topological polar surface area (TPSA) is 78.4 Å². The van der Waals surface area contributed by atoms with E-state index in [2.05, 4.69) is 22.5 Å². The minimum absolute atomic E-state index is 0.0196. The summed E-state index contributed by atoms with van der Waals surface area (Å²) in [5.41, 5.74) is 2.10. The van der Waals surface area contributed by atoms with Crippen molar-refractivity contribution in [2.45, 2.75) is 19.8 Å². The van der Waals surface area contributed by atoms with Crippen molar-refractivity contribution in [3.63, 3.8) is 0 Å². The summed E-state index contributed by atoms with van der Waals surface area (Å²) in [5, 5.41) is 13.9. The Balaban J connectivity index is 2.75. The minimum Gasteiger partial charge on any atom is -0.395 e. The monoisotopic (exact) mass is 288 g/mol. The first-order valence-electron chi connectivity index (χ1n) is 6.78. The largest absolute Gasteiger partial charge is 0.395 e. The van der Waals surface area contributed by atoms with Crippen LogP contribution in [0.5, 0.6) is 0 Å². The highest BCUT2D eigenvalue weighted by Crippen LogP contribution is 2.12. The number of aliphatic hydroxyl groups excluding tert-OH is 1. The molecular weight excluding hydrogens is 268 g/mol. The molecular formula is C16H20N2O3. The maximum atomic E-state index is 12.1. The van der Waals surface area contributed by atoms with E-state index in [0.717, 1.165) is 11.1 Å². The average molecular weight is 288 g/mol. The lowest BCUT2D eigenvalue weighted by Crippen LogP contribution is -2.29. The first-order chi connectivity index (χ1) is 10.1. The number of carbonyl (C=O) groups excluding carboxylic acids is 2. The third-order valence-electron chi connectivity index (χ3n) is 2.95. The van der Waals surface area contributed by atoms with E-state index in [9.17, 15) is 9.59 Å². The van der Waals surface area contributed by atoms with E-state index < -0.39 is 0 Å². The van der Waals surface area contributed by atoms with Crippen LogP contribution in [0.4, 0.5) is 0 Å². The molecule has 0 aliphatic carbocycles.